The van der Waals surface area contributed by atoms with Crippen LogP contribution in [-0.2, 0) is 4.74 Å². The highest BCUT2D eigenvalue weighted by Gasteiger charge is 2.41. The molecule has 0 N–H and O–H groups in total. The smallest absolute Gasteiger partial charge is 0.0995 e. The molecule has 1 saturated heterocycles. The summed E-state index contributed by atoms with van der Waals surface area (Å²) in [7, 11) is 1.82. The van der Waals surface area contributed by atoms with Crippen LogP contribution in [0.3, 0.4) is 0 Å². The van der Waals surface area contributed by atoms with Crippen LogP contribution in [0.15, 0.2) is 35.8 Å². The number of nitrogens with zero attached hydrogens (tertiary/aromatic N) is 1. The van der Waals surface area contributed by atoms with Crippen molar-refractivity contribution in [1.29, 1.82) is 0 Å². The van der Waals surface area contributed by atoms with Crippen LogP contribution in [0.4, 0.5) is 0 Å². The van der Waals surface area contributed by atoms with E-state index in [9.17, 15) is 0 Å². The van der Waals surface area contributed by atoms with Gasteiger partial charge in [-0.25, -0.2) is 0 Å². The van der Waals surface area contributed by atoms with Gasteiger partial charge in [-0.15, -0.1) is 0 Å². The average Bonchev–Trinajstić information content (AvgIpc) is 2.52. The molecule has 0 spiro atoms. The van der Waals surface area contributed by atoms with Crippen molar-refractivity contribution in [2.24, 2.45) is 17.8 Å². The van der Waals surface area contributed by atoms with Crippen molar-refractivity contribution in [1.82, 2.24) is 4.90 Å². The molecule has 116 valence electrons. The van der Waals surface area contributed by atoms with Gasteiger partial charge in [0.2, 0.25) is 0 Å². The summed E-state index contributed by atoms with van der Waals surface area (Å²) in [6.45, 7) is 5.92. The second kappa shape index (κ2) is 6.29. The standard InChI is InChI=1S/C19H29NO/c1-4-5-13-20-14(2)9-10-16-15-7-6-8-19(21-3)17(15)11-12-18(16)20/h6-8,12,14-17H,4-5,9-11,13H2,1-3H3/t14?,15?,16-,17?/m0/s1. The van der Waals surface area contributed by atoms with Crippen molar-refractivity contribution in [2.45, 2.75) is 52.0 Å². The summed E-state index contributed by atoms with van der Waals surface area (Å²) in [6, 6.07) is 0.709. The van der Waals surface area contributed by atoms with Crippen molar-refractivity contribution < 1.29 is 4.74 Å². The zero-order valence-corrected chi connectivity index (χ0v) is 13.7. The first-order chi connectivity index (χ1) is 10.3. The minimum Gasteiger partial charge on any atom is -0.501 e. The van der Waals surface area contributed by atoms with Crippen LogP contribution in [0.5, 0.6) is 0 Å². The molecule has 2 heteroatoms. The van der Waals surface area contributed by atoms with Crippen LogP contribution in [0.25, 0.3) is 0 Å². The highest BCUT2D eigenvalue weighted by Crippen LogP contribution is 2.47. The normalized spacial score (nSPS) is 34.7. The largest absolute Gasteiger partial charge is 0.501 e. The second-order valence-electron chi connectivity index (χ2n) is 6.79. The van der Waals surface area contributed by atoms with Gasteiger partial charge in [0, 0.05) is 30.1 Å². The van der Waals surface area contributed by atoms with Gasteiger partial charge in [-0.3, -0.25) is 0 Å². The molecule has 0 saturated carbocycles. The van der Waals surface area contributed by atoms with Crippen LogP contribution >= 0.6 is 0 Å². The molecular weight excluding hydrogens is 258 g/mol. The molecule has 21 heavy (non-hydrogen) atoms. The minimum absolute atomic E-state index is 0.565. The Balaban J connectivity index is 1.84. The Labute approximate surface area is 129 Å². The van der Waals surface area contributed by atoms with Crippen molar-refractivity contribution in [2.75, 3.05) is 13.7 Å². The molecule has 0 aromatic carbocycles. The molecule has 4 atom stereocenters. The summed E-state index contributed by atoms with van der Waals surface area (Å²) in [5.41, 5.74) is 1.63. The van der Waals surface area contributed by atoms with Gasteiger partial charge in [-0.1, -0.05) is 31.6 Å². The Bertz CT molecular complexity index is 462. The number of methoxy groups -OCH3 is 1. The second-order valence-corrected chi connectivity index (χ2v) is 6.79. The molecule has 2 aliphatic carbocycles. The molecule has 1 heterocycles. The zero-order chi connectivity index (χ0) is 14.8. The number of hydrogen-bond acceptors (Lipinski definition) is 2. The van der Waals surface area contributed by atoms with E-state index in [1.54, 1.807) is 5.70 Å². The maximum atomic E-state index is 5.62. The van der Waals surface area contributed by atoms with Crippen LogP contribution < -0.4 is 0 Å². The van der Waals surface area contributed by atoms with Crippen LogP contribution in [0.2, 0.25) is 0 Å². The summed E-state index contributed by atoms with van der Waals surface area (Å²) in [5.74, 6) is 3.08. The van der Waals surface area contributed by atoms with E-state index in [1.807, 2.05) is 7.11 Å². The van der Waals surface area contributed by atoms with Gasteiger partial charge < -0.3 is 9.64 Å². The summed E-state index contributed by atoms with van der Waals surface area (Å²) >= 11 is 0. The molecule has 0 aromatic heterocycles. The highest BCUT2D eigenvalue weighted by atomic mass is 16.5. The summed E-state index contributed by atoms with van der Waals surface area (Å²) in [5, 5.41) is 0. The molecule has 3 rings (SSSR count). The van der Waals surface area contributed by atoms with Crippen LogP contribution in [0, 0.1) is 17.8 Å². The predicted octanol–water partition coefficient (Wildman–Crippen LogP) is 4.51. The summed E-state index contributed by atoms with van der Waals surface area (Å²) in [4.78, 5) is 2.70. The Morgan fingerprint density at radius 1 is 1.29 bits per heavy atom. The molecular formula is C19H29NO. The van der Waals surface area contributed by atoms with E-state index in [1.165, 1.54) is 38.0 Å². The molecule has 0 amide bonds. The number of fused-ring (bicyclic) bond motifs is 3. The maximum Gasteiger partial charge on any atom is 0.0995 e. The lowest BCUT2D eigenvalue weighted by Crippen LogP contribution is -2.45. The van der Waals surface area contributed by atoms with E-state index in [0.29, 0.717) is 23.8 Å². The predicted molar refractivity (Wildman–Crippen MR) is 87.7 cm³/mol. The third-order valence-electron chi connectivity index (χ3n) is 5.60. The van der Waals surface area contributed by atoms with Gasteiger partial charge in [0.15, 0.2) is 0 Å². The zero-order valence-electron chi connectivity index (χ0n) is 13.7. The van der Waals surface area contributed by atoms with Crippen LogP contribution in [0.1, 0.15) is 46.0 Å². The first kappa shape index (κ1) is 14.7. The Hall–Kier alpha value is -1.18. The average molecular weight is 287 g/mol. The van der Waals surface area contributed by atoms with E-state index in [2.05, 4.69) is 43.1 Å². The number of hydrogen-bond donors (Lipinski definition) is 0. The van der Waals surface area contributed by atoms with Crippen molar-refractivity contribution in [3.05, 3.63) is 35.8 Å². The minimum atomic E-state index is 0.565. The molecule has 0 bridgehead atoms. The van der Waals surface area contributed by atoms with E-state index in [4.69, 9.17) is 4.74 Å². The van der Waals surface area contributed by atoms with E-state index < -0.39 is 0 Å². The lowest BCUT2D eigenvalue weighted by Gasteiger charge is -2.49. The Morgan fingerprint density at radius 2 is 2.14 bits per heavy atom. The van der Waals surface area contributed by atoms with Crippen LogP contribution in [-0.4, -0.2) is 24.6 Å². The Kier molecular flexibility index (Phi) is 4.42. The van der Waals surface area contributed by atoms with Crippen molar-refractivity contribution in [3.63, 3.8) is 0 Å². The number of ether oxygens (including phenoxy) is 1. The monoisotopic (exact) mass is 287 g/mol. The molecule has 3 aliphatic rings. The fourth-order valence-corrected chi connectivity index (χ4v) is 4.41. The van der Waals surface area contributed by atoms with E-state index in [-0.39, 0.29) is 0 Å². The quantitative estimate of drug-likeness (QED) is 0.754. The van der Waals surface area contributed by atoms with Crippen molar-refractivity contribution in [3.8, 4) is 0 Å². The molecule has 0 radical (unpaired) electrons. The molecule has 1 fully saturated rings. The lowest BCUT2D eigenvalue weighted by molar-refractivity contribution is 0.111. The van der Waals surface area contributed by atoms with Gasteiger partial charge >= 0.3 is 0 Å². The SMILES string of the molecule is CCCCN1C2=CCC3C(OC)=CC=CC3[C@@H]2CCC1C. The first-order valence-electron chi connectivity index (χ1n) is 8.65. The van der Waals surface area contributed by atoms with Crippen molar-refractivity contribution >= 4 is 0 Å². The maximum absolute atomic E-state index is 5.62. The lowest BCUT2D eigenvalue weighted by atomic mass is 9.67. The summed E-state index contributed by atoms with van der Waals surface area (Å²) < 4.78 is 5.62. The van der Waals surface area contributed by atoms with Gasteiger partial charge in [-0.2, -0.15) is 0 Å². The fourth-order valence-electron chi connectivity index (χ4n) is 4.41. The number of unbranched alkanes of at least 4 members (excludes halogenated alkanes) is 1. The van der Waals surface area contributed by atoms with Gasteiger partial charge in [0.05, 0.1) is 12.9 Å². The Morgan fingerprint density at radius 3 is 2.90 bits per heavy atom. The number of rotatable bonds is 4. The number of allylic oxidation sites excluding steroid dienone is 6. The molecule has 0 aromatic rings. The molecule has 1 aliphatic heterocycles. The fraction of sp³-hybridized carbons (Fsp3) is 0.684. The topological polar surface area (TPSA) is 12.5 Å². The van der Waals surface area contributed by atoms with Gasteiger partial charge in [-0.05, 0) is 44.6 Å². The van der Waals surface area contributed by atoms with E-state index in [0.717, 1.165) is 6.42 Å². The molecule has 3 unspecified atom stereocenters. The number of likely N-dealkylation sites (tertiary alicyclic amines) is 1. The first-order valence-corrected chi connectivity index (χ1v) is 8.65. The van der Waals surface area contributed by atoms with Gasteiger partial charge in [0.25, 0.3) is 0 Å². The third kappa shape index (κ3) is 2.65. The molecule has 2 nitrogen and oxygen atoms in total. The highest BCUT2D eigenvalue weighted by molar-refractivity contribution is 5.28. The number of piperidine rings is 1. The summed E-state index contributed by atoms with van der Waals surface area (Å²) in [6.07, 6.45) is 15.7. The van der Waals surface area contributed by atoms with E-state index >= 15 is 0 Å². The third-order valence-corrected chi connectivity index (χ3v) is 5.60. The van der Waals surface area contributed by atoms with Gasteiger partial charge in [0.1, 0.15) is 0 Å².